The lowest BCUT2D eigenvalue weighted by molar-refractivity contribution is 0.102. The third-order valence-electron chi connectivity index (χ3n) is 2.53. The van der Waals surface area contributed by atoms with Gasteiger partial charge in [-0.25, -0.2) is 4.39 Å². The highest BCUT2D eigenvalue weighted by molar-refractivity contribution is 7.99. The van der Waals surface area contributed by atoms with Gasteiger partial charge in [0, 0.05) is 10.6 Å². The largest absolute Gasteiger partial charge is 0.322 e. The molecule has 1 N–H and O–H groups in total. The zero-order valence-corrected chi connectivity index (χ0v) is 11.3. The number of hydrogen-bond donors (Lipinski definition) is 1. The molecule has 0 radical (unpaired) electrons. The summed E-state index contributed by atoms with van der Waals surface area (Å²) in [4.78, 5) is 12.8. The van der Waals surface area contributed by atoms with Gasteiger partial charge in [-0.1, -0.05) is 12.1 Å². The van der Waals surface area contributed by atoms with Crippen molar-refractivity contribution in [3.05, 3.63) is 59.9 Å². The Bertz CT molecular complexity index is 650. The molecule has 2 rings (SSSR count). The van der Waals surface area contributed by atoms with Gasteiger partial charge < -0.3 is 5.32 Å². The number of nitriles is 1. The van der Waals surface area contributed by atoms with E-state index in [1.165, 1.54) is 30.0 Å². The van der Waals surface area contributed by atoms with Crippen LogP contribution in [0.25, 0.3) is 0 Å². The van der Waals surface area contributed by atoms with E-state index in [9.17, 15) is 9.18 Å². The topological polar surface area (TPSA) is 52.9 Å². The van der Waals surface area contributed by atoms with Gasteiger partial charge in [0.05, 0.1) is 17.4 Å². The summed E-state index contributed by atoms with van der Waals surface area (Å²) in [6.45, 7) is 0. The maximum atomic E-state index is 13.5. The van der Waals surface area contributed by atoms with E-state index in [2.05, 4.69) is 5.32 Å². The molecule has 3 nitrogen and oxygen atoms in total. The predicted molar refractivity (Wildman–Crippen MR) is 77.1 cm³/mol. The lowest BCUT2D eigenvalue weighted by atomic mass is 10.2. The summed E-state index contributed by atoms with van der Waals surface area (Å²) < 4.78 is 13.5. The fourth-order valence-corrected chi connectivity index (χ4v) is 2.15. The molecule has 0 saturated carbocycles. The molecule has 0 unspecified atom stereocenters. The van der Waals surface area contributed by atoms with Crippen LogP contribution in [0.1, 0.15) is 10.4 Å². The lowest BCUT2D eigenvalue weighted by Gasteiger charge is -2.06. The number of carbonyl (C=O) groups is 1. The van der Waals surface area contributed by atoms with Gasteiger partial charge in [0.15, 0.2) is 0 Å². The number of nitrogens with zero attached hydrogens (tertiary/aromatic N) is 1. The quantitative estimate of drug-likeness (QED) is 0.872. The summed E-state index contributed by atoms with van der Waals surface area (Å²) in [7, 11) is 0. The van der Waals surface area contributed by atoms with E-state index in [1.807, 2.05) is 6.07 Å². The summed E-state index contributed by atoms with van der Waals surface area (Å²) in [6.07, 6.45) is 0. The Morgan fingerprint density at radius 2 is 1.90 bits per heavy atom. The monoisotopic (exact) mass is 286 g/mol. The number of rotatable bonds is 4. The SMILES string of the molecule is N#CCSc1ccc(NC(=O)c2ccccc2F)cc1. The number of hydrogen-bond acceptors (Lipinski definition) is 3. The molecule has 1 amide bonds. The Kier molecular flexibility index (Phi) is 4.75. The highest BCUT2D eigenvalue weighted by Gasteiger charge is 2.10. The predicted octanol–water partition coefficient (Wildman–Crippen LogP) is 3.69. The third-order valence-corrected chi connectivity index (χ3v) is 3.41. The Hall–Kier alpha value is -2.32. The maximum absolute atomic E-state index is 13.5. The van der Waals surface area contributed by atoms with Crippen LogP contribution in [0.15, 0.2) is 53.4 Å². The normalized spacial score (nSPS) is 9.80. The number of anilines is 1. The lowest BCUT2D eigenvalue weighted by Crippen LogP contribution is -2.13. The first-order valence-corrected chi connectivity index (χ1v) is 6.85. The van der Waals surface area contributed by atoms with Crippen molar-refractivity contribution < 1.29 is 9.18 Å². The van der Waals surface area contributed by atoms with Crippen molar-refractivity contribution in [3.63, 3.8) is 0 Å². The van der Waals surface area contributed by atoms with E-state index in [4.69, 9.17) is 5.26 Å². The van der Waals surface area contributed by atoms with Crippen LogP contribution in [-0.4, -0.2) is 11.7 Å². The number of thioether (sulfide) groups is 1. The summed E-state index contributed by atoms with van der Waals surface area (Å²) in [6, 6.07) is 14.9. The van der Waals surface area contributed by atoms with Crippen LogP contribution in [0.3, 0.4) is 0 Å². The minimum atomic E-state index is -0.550. The van der Waals surface area contributed by atoms with Crippen LogP contribution in [-0.2, 0) is 0 Å². The van der Waals surface area contributed by atoms with Gasteiger partial charge >= 0.3 is 0 Å². The average Bonchev–Trinajstić information content (AvgIpc) is 2.47. The standard InChI is InChI=1S/C15H11FN2OS/c16-14-4-2-1-3-13(14)15(19)18-11-5-7-12(8-6-11)20-10-9-17/h1-8H,10H2,(H,18,19). The molecule has 0 atom stereocenters. The molecule has 100 valence electrons. The molecular formula is C15H11FN2OS. The first-order chi connectivity index (χ1) is 9.70. The molecule has 0 aliphatic rings. The average molecular weight is 286 g/mol. The van der Waals surface area contributed by atoms with E-state index in [-0.39, 0.29) is 5.56 Å². The van der Waals surface area contributed by atoms with Gasteiger partial charge in [-0.3, -0.25) is 4.79 Å². The first-order valence-electron chi connectivity index (χ1n) is 5.86. The van der Waals surface area contributed by atoms with Crippen molar-refractivity contribution in [2.75, 3.05) is 11.1 Å². The molecule has 0 spiro atoms. The minimum Gasteiger partial charge on any atom is -0.322 e. The molecule has 2 aromatic rings. The Labute approximate surface area is 120 Å². The molecule has 0 saturated heterocycles. The molecule has 0 aliphatic heterocycles. The van der Waals surface area contributed by atoms with Crippen molar-refractivity contribution in [1.82, 2.24) is 0 Å². The molecule has 0 fully saturated rings. The zero-order valence-electron chi connectivity index (χ0n) is 10.5. The number of halogens is 1. The van der Waals surface area contributed by atoms with E-state index in [0.717, 1.165) is 4.90 Å². The van der Waals surface area contributed by atoms with E-state index < -0.39 is 11.7 Å². The van der Waals surface area contributed by atoms with Crippen molar-refractivity contribution in [2.45, 2.75) is 4.90 Å². The molecule has 0 aromatic heterocycles. The Balaban J connectivity index is 2.05. The number of nitrogens with one attached hydrogen (secondary N) is 1. The Morgan fingerprint density at radius 1 is 1.20 bits per heavy atom. The molecule has 2 aromatic carbocycles. The minimum absolute atomic E-state index is 0.00966. The summed E-state index contributed by atoms with van der Waals surface area (Å²) in [5, 5.41) is 11.1. The first kappa shape index (κ1) is 14.1. The second-order valence-corrected chi connectivity index (χ2v) is 4.95. The van der Waals surface area contributed by atoms with Gasteiger partial charge in [0.2, 0.25) is 0 Å². The summed E-state index contributed by atoms with van der Waals surface area (Å²) in [5.41, 5.74) is 0.593. The number of benzene rings is 2. The van der Waals surface area contributed by atoms with Crippen LogP contribution >= 0.6 is 11.8 Å². The number of carbonyl (C=O) groups excluding carboxylic acids is 1. The highest BCUT2D eigenvalue weighted by atomic mass is 32.2. The van der Waals surface area contributed by atoms with Gasteiger partial charge in [0.25, 0.3) is 5.91 Å². The van der Waals surface area contributed by atoms with E-state index >= 15 is 0 Å². The maximum Gasteiger partial charge on any atom is 0.258 e. The fraction of sp³-hybridized carbons (Fsp3) is 0.0667. The van der Waals surface area contributed by atoms with Gasteiger partial charge in [-0.05, 0) is 36.4 Å². The van der Waals surface area contributed by atoms with E-state index in [0.29, 0.717) is 11.4 Å². The van der Waals surface area contributed by atoms with Crippen LogP contribution in [0.2, 0.25) is 0 Å². The molecule has 0 bridgehead atoms. The van der Waals surface area contributed by atoms with Gasteiger partial charge in [-0.15, -0.1) is 11.8 Å². The summed E-state index contributed by atoms with van der Waals surface area (Å²) >= 11 is 1.41. The van der Waals surface area contributed by atoms with Crippen molar-refractivity contribution in [1.29, 1.82) is 5.26 Å². The zero-order chi connectivity index (χ0) is 14.4. The summed E-state index contributed by atoms with van der Waals surface area (Å²) in [5.74, 6) is -0.660. The molecule has 5 heteroatoms. The van der Waals surface area contributed by atoms with E-state index in [1.54, 1.807) is 30.3 Å². The van der Waals surface area contributed by atoms with Crippen molar-refractivity contribution in [2.24, 2.45) is 0 Å². The molecule has 20 heavy (non-hydrogen) atoms. The van der Waals surface area contributed by atoms with Crippen LogP contribution in [0.4, 0.5) is 10.1 Å². The van der Waals surface area contributed by atoms with Crippen molar-refractivity contribution >= 4 is 23.4 Å². The number of amides is 1. The van der Waals surface area contributed by atoms with Gasteiger partial charge in [0.1, 0.15) is 5.82 Å². The van der Waals surface area contributed by atoms with Crippen molar-refractivity contribution in [3.8, 4) is 6.07 Å². The Morgan fingerprint density at radius 3 is 2.55 bits per heavy atom. The van der Waals surface area contributed by atoms with Gasteiger partial charge in [-0.2, -0.15) is 5.26 Å². The van der Waals surface area contributed by atoms with Crippen LogP contribution < -0.4 is 5.32 Å². The van der Waals surface area contributed by atoms with Crippen LogP contribution in [0, 0.1) is 17.1 Å². The molecule has 0 aliphatic carbocycles. The van der Waals surface area contributed by atoms with Crippen LogP contribution in [0.5, 0.6) is 0 Å². The molecular weight excluding hydrogens is 275 g/mol. The fourth-order valence-electron chi connectivity index (χ4n) is 1.59. The highest BCUT2D eigenvalue weighted by Crippen LogP contribution is 2.20. The molecule has 0 heterocycles. The smallest absolute Gasteiger partial charge is 0.258 e. The second-order valence-electron chi connectivity index (χ2n) is 3.91. The third kappa shape index (κ3) is 3.59. The second kappa shape index (κ2) is 6.73.